The van der Waals surface area contributed by atoms with Gasteiger partial charge in [-0.1, -0.05) is 43.3 Å². The monoisotopic (exact) mass is 359 g/mol. The maximum atomic E-state index is 13.4. The second-order valence-electron chi connectivity index (χ2n) is 7.28. The molecule has 0 fully saturated rings. The highest BCUT2D eigenvalue weighted by molar-refractivity contribution is 6.11. The summed E-state index contributed by atoms with van der Waals surface area (Å²) in [4.78, 5) is 31.8. The molecule has 2 aromatic carbocycles. The van der Waals surface area contributed by atoms with Crippen LogP contribution in [0.5, 0.6) is 0 Å². The number of benzene rings is 2. The largest absolute Gasteiger partial charge is 0.355 e. The van der Waals surface area contributed by atoms with Crippen LogP contribution >= 0.6 is 0 Å². The van der Waals surface area contributed by atoms with Gasteiger partial charge >= 0.3 is 0 Å². The molecule has 0 saturated carbocycles. The molecule has 2 aliphatic heterocycles. The standard InChI is InChI=1S/C22H21N3O2/c1-2-7-19(26)25-13-12-15-14-8-3-5-10-17(14)23-20(15)22(25)16-9-4-6-11-18(16)24-21(22)27/h3-6,8-11,23H,2,7,12-13H2,1H3,(H,24,27)/t22-/m0/s1. The van der Waals surface area contributed by atoms with Crippen molar-refractivity contribution in [3.05, 3.63) is 65.4 Å². The van der Waals surface area contributed by atoms with Crippen LogP contribution in [0.1, 0.15) is 36.6 Å². The maximum absolute atomic E-state index is 13.4. The lowest BCUT2D eigenvalue weighted by Crippen LogP contribution is -2.57. The van der Waals surface area contributed by atoms with Crippen LogP contribution in [-0.4, -0.2) is 28.2 Å². The predicted molar refractivity (Wildman–Crippen MR) is 104 cm³/mol. The fraction of sp³-hybridized carbons (Fsp3) is 0.273. The van der Waals surface area contributed by atoms with E-state index >= 15 is 0 Å². The van der Waals surface area contributed by atoms with Crippen molar-refractivity contribution in [2.75, 3.05) is 11.9 Å². The Bertz CT molecular complexity index is 1080. The molecule has 5 nitrogen and oxygen atoms in total. The van der Waals surface area contributed by atoms with E-state index in [1.54, 1.807) is 4.90 Å². The number of carbonyl (C=O) groups excluding carboxylic acids is 2. The lowest BCUT2D eigenvalue weighted by atomic mass is 9.79. The number of aromatic nitrogens is 1. The highest BCUT2D eigenvalue weighted by atomic mass is 16.2. The van der Waals surface area contributed by atoms with Crippen molar-refractivity contribution in [2.45, 2.75) is 31.7 Å². The predicted octanol–water partition coefficient (Wildman–Crippen LogP) is 3.55. The second-order valence-corrected chi connectivity index (χ2v) is 7.28. The van der Waals surface area contributed by atoms with Crippen molar-refractivity contribution in [2.24, 2.45) is 0 Å². The number of H-pyrrole nitrogens is 1. The van der Waals surface area contributed by atoms with Gasteiger partial charge in [-0.15, -0.1) is 0 Å². The fourth-order valence-corrected chi connectivity index (χ4v) is 4.71. The van der Waals surface area contributed by atoms with Crippen molar-refractivity contribution in [3.63, 3.8) is 0 Å². The number of hydrogen-bond donors (Lipinski definition) is 2. The highest BCUT2D eigenvalue weighted by Gasteiger charge is 2.57. The third-order valence-electron chi connectivity index (χ3n) is 5.82. The first kappa shape index (κ1) is 16.1. The third-order valence-corrected chi connectivity index (χ3v) is 5.82. The molecule has 3 aromatic rings. The van der Waals surface area contributed by atoms with Crippen LogP contribution < -0.4 is 5.32 Å². The molecule has 2 aliphatic rings. The maximum Gasteiger partial charge on any atom is 0.261 e. The molecule has 1 aromatic heterocycles. The number of anilines is 1. The van der Waals surface area contributed by atoms with Gasteiger partial charge < -0.3 is 15.2 Å². The lowest BCUT2D eigenvalue weighted by Gasteiger charge is -2.43. The number of fused-ring (bicyclic) bond motifs is 6. The number of rotatable bonds is 2. The Kier molecular flexibility index (Phi) is 3.41. The smallest absolute Gasteiger partial charge is 0.261 e. The number of nitrogens with one attached hydrogen (secondary N) is 2. The summed E-state index contributed by atoms with van der Waals surface area (Å²) in [6, 6.07) is 15.8. The zero-order valence-corrected chi connectivity index (χ0v) is 15.2. The molecule has 5 rings (SSSR count). The van der Waals surface area contributed by atoms with E-state index in [9.17, 15) is 9.59 Å². The zero-order valence-electron chi connectivity index (χ0n) is 15.2. The van der Waals surface area contributed by atoms with Crippen molar-refractivity contribution in [3.8, 4) is 0 Å². The fourth-order valence-electron chi connectivity index (χ4n) is 4.71. The van der Waals surface area contributed by atoms with E-state index in [1.807, 2.05) is 49.4 Å². The number of amides is 2. The van der Waals surface area contributed by atoms with Gasteiger partial charge in [-0.2, -0.15) is 0 Å². The highest BCUT2D eigenvalue weighted by Crippen LogP contribution is 2.49. The van der Waals surface area contributed by atoms with Gasteiger partial charge in [0, 0.05) is 35.1 Å². The summed E-state index contributed by atoms with van der Waals surface area (Å²) in [5, 5.41) is 4.15. The topological polar surface area (TPSA) is 65.2 Å². The van der Waals surface area contributed by atoms with Gasteiger partial charge in [-0.25, -0.2) is 0 Å². The number of para-hydroxylation sites is 2. The second kappa shape index (κ2) is 5.71. The molecule has 1 spiro atoms. The summed E-state index contributed by atoms with van der Waals surface area (Å²) in [6.07, 6.45) is 1.94. The molecule has 5 heteroatoms. The minimum atomic E-state index is -1.12. The Morgan fingerprint density at radius 2 is 1.93 bits per heavy atom. The number of hydrogen-bond acceptors (Lipinski definition) is 2. The van der Waals surface area contributed by atoms with Crippen molar-refractivity contribution in [1.82, 2.24) is 9.88 Å². The van der Waals surface area contributed by atoms with E-state index in [1.165, 1.54) is 0 Å². The van der Waals surface area contributed by atoms with Crippen molar-refractivity contribution in [1.29, 1.82) is 0 Å². The molecule has 0 radical (unpaired) electrons. The van der Waals surface area contributed by atoms with E-state index in [2.05, 4.69) is 16.4 Å². The van der Waals surface area contributed by atoms with Gasteiger partial charge in [0.15, 0.2) is 5.54 Å². The molecule has 2 N–H and O–H groups in total. The van der Waals surface area contributed by atoms with E-state index in [4.69, 9.17) is 0 Å². The first-order chi connectivity index (χ1) is 13.2. The molecular formula is C22H21N3O2. The molecule has 3 heterocycles. The molecule has 27 heavy (non-hydrogen) atoms. The Hall–Kier alpha value is -3.08. The van der Waals surface area contributed by atoms with Gasteiger partial charge in [-0.3, -0.25) is 9.59 Å². The summed E-state index contributed by atoms with van der Waals surface area (Å²) < 4.78 is 0. The molecule has 2 amide bonds. The van der Waals surface area contributed by atoms with Crippen molar-refractivity contribution >= 4 is 28.4 Å². The van der Waals surface area contributed by atoms with E-state index < -0.39 is 5.54 Å². The summed E-state index contributed by atoms with van der Waals surface area (Å²) >= 11 is 0. The molecule has 1 atom stereocenters. The lowest BCUT2D eigenvalue weighted by molar-refractivity contribution is -0.144. The van der Waals surface area contributed by atoms with Crippen LogP contribution in [0.4, 0.5) is 5.69 Å². The average Bonchev–Trinajstić information content (AvgIpc) is 3.19. The minimum absolute atomic E-state index is 0.0219. The van der Waals surface area contributed by atoms with Crippen LogP contribution in [0.15, 0.2) is 48.5 Å². The Morgan fingerprint density at radius 3 is 2.78 bits per heavy atom. The number of carbonyl (C=O) groups is 2. The van der Waals surface area contributed by atoms with E-state index in [0.717, 1.165) is 46.3 Å². The van der Waals surface area contributed by atoms with E-state index in [0.29, 0.717) is 13.0 Å². The molecule has 0 aliphatic carbocycles. The van der Waals surface area contributed by atoms with Gasteiger partial charge in [0.2, 0.25) is 5.91 Å². The Balaban J connectivity index is 1.84. The van der Waals surface area contributed by atoms with Gasteiger partial charge in [0.1, 0.15) is 0 Å². The van der Waals surface area contributed by atoms with Crippen LogP contribution in [0.2, 0.25) is 0 Å². The normalized spacial score (nSPS) is 20.6. The van der Waals surface area contributed by atoms with Crippen LogP contribution in [0.25, 0.3) is 10.9 Å². The Morgan fingerprint density at radius 1 is 1.15 bits per heavy atom. The zero-order chi connectivity index (χ0) is 18.6. The summed E-state index contributed by atoms with van der Waals surface area (Å²) in [6.45, 7) is 2.53. The molecule has 136 valence electrons. The summed E-state index contributed by atoms with van der Waals surface area (Å²) in [5.74, 6) is -0.130. The van der Waals surface area contributed by atoms with Crippen LogP contribution in [-0.2, 0) is 21.5 Å². The number of aromatic amines is 1. The summed E-state index contributed by atoms with van der Waals surface area (Å²) in [5.41, 5.74) is 3.49. The van der Waals surface area contributed by atoms with Gasteiger partial charge in [0.25, 0.3) is 5.91 Å². The average molecular weight is 359 g/mol. The van der Waals surface area contributed by atoms with Crippen LogP contribution in [0.3, 0.4) is 0 Å². The third kappa shape index (κ3) is 1.99. The van der Waals surface area contributed by atoms with Gasteiger partial charge in [0.05, 0.1) is 5.69 Å². The van der Waals surface area contributed by atoms with Crippen molar-refractivity contribution < 1.29 is 9.59 Å². The summed E-state index contributed by atoms with van der Waals surface area (Å²) in [7, 11) is 0. The molecule has 0 saturated heterocycles. The molecule has 0 unspecified atom stereocenters. The first-order valence-corrected chi connectivity index (χ1v) is 9.49. The van der Waals surface area contributed by atoms with Crippen LogP contribution in [0, 0.1) is 0 Å². The first-order valence-electron chi connectivity index (χ1n) is 9.49. The van der Waals surface area contributed by atoms with E-state index in [-0.39, 0.29) is 11.8 Å². The molecule has 0 bridgehead atoms. The quantitative estimate of drug-likeness (QED) is 0.735. The van der Waals surface area contributed by atoms with Gasteiger partial charge in [-0.05, 0) is 30.5 Å². The Labute approximate surface area is 157 Å². The molecular weight excluding hydrogens is 338 g/mol. The number of nitrogens with zero attached hydrogens (tertiary/aromatic N) is 1. The minimum Gasteiger partial charge on any atom is -0.355 e. The SMILES string of the molecule is CCCC(=O)N1CCc2c([nH]c3ccccc23)[C@@]12C(=O)Nc1ccccc12.